The first kappa shape index (κ1) is 24.1. The van der Waals surface area contributed by atoms with Gasteiger partial charge >= 0.3 is 0 Å². The third kappa shape index (κ3) is 4.50. The highest BCUT2D eigenvalue weighted by molar-refractivity contribution is 6.26. The van der Waals surface area contributed by atoms with Crippen LogP contribution < -0.4 is 20.9 Å². The smallest absolute Gasteiger partial charge is 0.228 e. The topological polar surface area (TPSA) is 122 Å². The Morgan fingerprint density at radius 3 is 2.50 bits per heavy atom. The Hall–Kier alpha value is -3.04. The molecular weight excluding hydrogens is 428 g/mol. The first-order valence-electron chi connectivity index (χ1n) is 12.0. The molecule has 1 aliphatic carbocycles. The maximum Gasteiger partial charge on any atom is 0.228 e. The summed E-state index contributed by atoms with van der Waals surface area (Å²) < 4.78 is 0. The number of nitrogens with zero attached hydrogens (tertiary/aromatic N) is 4. The van der Waals surface area contributed by atoms with E-state index in [2.05, 4.69) is 50.7 Å². The van der Waals surface area contributed by atoms with Crippen LogP contribution in [0.1, 0.15) is 39.0 Å². The molecule has 2 aliphatic rings. The monoisotopic (exact) mass is 464 g/mol. The number of hydrogen-bond donors (Lipinski definition) is 5. The van der Waals surface area contributed by atoms with Gasteiger partial charge in [0.2, 0.25) is 5.95 Å². The van der Waals surface area contributed by atoms with Gasteiger partial charge in [-0.3, -0.25) is 0 Å². The molecule has 0 spiro atoms. The number of allylic oxidation sites excluding steroid dienone is 2. The van der Waals surface area contributed by atoms with Crippen LogP contribution in [0.4, 0.5) is 17.5 Å². The molecule has 1 fully saturated rings. The standard InChI is InChI=1S/C25H36N8O/c1-15(2)21(27-5)20-22-17(12-25(4,16(3)34)23(20)26)13-30-24(32-22)31-19-7-6-18(14-29-19)33-10-8-28-9-11-33/h6-7,13-16,26-28,34H,8-12H2,1-5H3,(H,29,30,31,32)/b21-20-,26-23?. The molecule has 2 aromatic rings. The molecule has 0 aromatic carbocycles. The van der Waals surface area contributed by atoms with Crippen LogP contribution in [0.2, 0.25) is 0 Å². The van der Waals surface area contributed by atoms with E-state index in [-0.39, 0.29) is 5.92 Å². The molecule has 2 unspecified atom stereocenters. The Labute approximate surface area is 201 Å². The van der Waals surface area contributed by atoms with Gasteiger partial charge in [0, 0.05) is 56.1 Å². The molecular formula is C25H36N8O. The number of piperazine rings is 1. The third-order valence-corrected chi connectivity index (χ3v) is 6.99. The second-order valence-electron chi connectivity index (χ2n) is 9.67. The first-order valence-corrected chi connectivity index (χ1v) is 12.0. The van der Waals surface area contributed by atoms with Crippen LogP contribution in [-0.4, -0.2) is 65.1 Å². The lowest BCUT2D eigenvalue weighted by Gasteiger charge is -2.40. The number of anilines is 3. The Kier molecular flexibility index (Phi) is 6.86. The minimum atomic E-state index is -0.709. The van der Waals surface area contributed by atoms with E-state index < -0.39 is 11.5 Å². The van der Waals surface area contributed by atoms with Gasteiger partial charge in [0.1, 0.15) is 5.82 Å². The van der Waals surface area contributed by atoms with Crippen LogP contribution in [0.3, 0.4) is 0 Å². The molecule has 9 heteroatoms. The van der Waals surface area contributed by atoms with E-state index >= 15 is 0 Å². The second-order valence-corrected chi connectivity index (χ2v) is 9.67. The number of hydrogen-bond acceptors (Lipinski definition) is 9. The summed E-state index contributed by atoms with van der Waals surface area (Å²) >= 11 is 0. The van der Waals surface area contributed by atoms with Crippen molar-refractivity contribution in [2.75, 3.05) is 43.4 Å². The minimum Gasteiger partial charge on any atom is -0.392 e. The Balaban J connectivity index is 1.67. The average Bonchev–Trinajstić information content (AvgIpc) is 2.83. The highest BCUT2D eigenvalue weighted by atomic mass is 16.3. The van der Waals surface area contributed by atoms with Gasteiger partial charge in [0.15, 0.2) is 0 Å². The number of aliphatic hydroxyl groups excluding tert-OH is 1. The average molecular weight is 465 g/mol. The fourth-order valence-corrected chi connectivity index (χ4v) is 4.71. The van der Waals surface area contributed by atoms with Crippen LogP contribution in [0.25, 0.3) is 5.57 Å². The van der Waals surface area contributed by atoms with Crippen molar-refractivity contribution in [1.82, 2.24) is 25.6 Å². The fraction of sp³-hybridized carbons (Fsp3) is 0.520. The van der Waals surface area contributed by atoms with Crippen molar-refractivity contribution in [1.29, 1.82) is 5.41 Å². The van der Waals surface area contributed by atoms with Crippen molar-refractivity contribution in [2.24, 2.45) is 11.3 Å². The Bertz CT molecular complexity index is 1070. The molecule has 0 bridgehead atoms. The number of pyridine rings is 1. The lowest BCUT2D eigenvalue weighted by molar-refractivity contribution is 0.0995. The SMILES string of the molecule is CN/C(=C1\C(=N)C(C)(C(C)O)Cc2cnc(Nc3ccc(N4CCNCC4)cn3)nc21)C(C)C. The molecule has 2 aromatic heterocycles. The molecule has 34 heavy (non-hydrogen) atoms. The number of aliphatic hydroxyl groups is 1. The van der Waals surface area contributed by atoms with Gasteiger partial charge < -0.3 is 31.4 Å². The van der Waals surface area contributed by atoms with Crippen molar-refractivity contribution >= 4 is 28.7 Å². The molecule has 3 heterocycles. The summed E-state index contributed by atoms with van der Waals surface area (Å²) in [5, 5.41) is 29.5. The molecule has 1 saturated heterocycles. The molecule has 0 saturated carbocycles. The maximum atomic E-state index is 10.6. The van der Waals surface area contributed by atoms with Crippen molar-refractivity contribution in [3.8, 4) is 0 Å². The van der Waals surface area contributed by atoms with E-state index in [0.717, 1.165) is 54.4 Å². The van der Waals surface area contributed by atoms with E-state index in [0.29, 0.717) is 23.9 Å². The summed E-state index contributed by atoms with van der Waals surface area (Å²) in [6.45, 7) is 11.8. The summed E-state index contributed by atoms with van der Waals surface area (Å²) in [4.78, 5) is 16.2. The largest absolute Gasteiger partial charge is 0.392 e. The molecule has 2 atom stereocenters. The number of fused-ring (bicyclic) bond motifs is 1. The van der Waals surface area contributed by atoms with Crippen LogP contribution >= 0.6 is 0 Å². The molecule has 9 nitrogen and oxygen atoms in total. The predicted molar refractivity (Wildman–Crippen MR) is 137 cm³/mol. The normalized spacial score (nSPS) is 22.9. The lowest BCUT2D eigenvalue weighted by Crippen LogP contribution is -2.44. The van der Waals surface area contributed by atoms with E-state index in [9.17, 15) is 5.11 Å². The van der Waals surface area contributed by atoms with E-state index in [1.54, 1.807) is 13.1 Å². The van der Waals surface area contributed by atoms with Gasteiger partial charge in [-0.2, -0.15) is 0 Å². The number of aromatic nitrogens is 3. The van der Waals surface area contributed by atoms with E-state index in [1.165, 1.54) is 0 Å². The highest BCUT2D eigenvalue weighted by Gasteiger charge is 2.43. The quantitative estimate of drug-likeness (QED) is 0.442. The molecule has 0 radical (unpaired) electrons. The van der Waals surface area contributed by atoms with Crippen molar-refractivity contribution in [2.45, 2.75) is 40.2 Å². The number of nitrogens with one attached hydrogen (secondary N) is 4. The first-order chi connectivity index (χ1) is 16.2. The second kappa shape index (κ2) is 9.68. The van der Waals surface area contributed by atoms with Gasteiger partial charge in [-0.05, 0) is 37.0 Å². The van der Waals surface area contributed by atoms with Gasteiger partial charge in [0.25, 0.3) is 0 Å². The van der Waals surface area contributed by atoms with Crippen LogP contribution in [0.5, 0.6) is 0 Å². The van der Waals surface area contributed by atoms with Gasteiger partial charge in [-0.15, -0.1) is 0 Å². The maximum absolute atomic E-state index is 10.6. The van der Waals surface area contributed by atoms with Crippen molar-refractivity contribution in [3.05, 3.63) is 41.5 Å². The van der Waals surface area contributed by atoms with Crippen LogP contribution in [-0.2, 0) is 6.42 Å². The molecule has 0 amide bonds. The summed E-state index contributed by atoms with van der Waals surface area (Å²) in [5.41, 5.74) is 4.13. The van der Waals surface area contributed by atoms with Gasteiger partial charge in [0.05, 0.1) is 29.4 Å². The van der Waals surface area contributed by atoms with Gasteiger partial charge in [-0.1, -0.05) is 20.8 Å². The van der Waals surface area contributed by atoms with Crippen molar-refractivity contribution < 1.29 is 5.11 Å². The predicted octanol–water partition coefficient (Wildman–Crippen LogP) is 2.57. The summed E-state index contributed by atoms with van der Waals surface area (Å²) in [6, 6.07) is 4.00. The fourth-order valence-electron chi connectivity index (χ4n) is 4.71. The lowest BCUT2D eigenvalue weighted by atomic mass is 9.67. The van der Waals surface area contributed by atoms with E-state index in [4.69, 9.17) is 10.4 Å². The van der Waals surface area contributed by atoms with E-state index in [1.807, 2.05) is 26.2 Å². The van der Waals surface area contributed by atoms with Gasteiger partial charge in [-0.25, -0.2) is 15.0 Å². The molecule has 4 rings (SSSR count). The summed E-state index contributed by atoms with van der Waals surface area (Å²) in [5.74, 6) is 1.27. The zero-order valence-electron chi connectivity index (χ0n) is 20.7. The molecule has 182 valence electrons. The molecule has 5 N–H and O–H groups in total. The van der Waals surface area contributed by atoms with Crippen LogP contribution in [0, 0.1) is 16.7 Å². The minimum absolute atomic E-state index is 0.162. The number of rotatable bonds is 6. The Morgan fingerprint density at radius 2 is 1.91 bits per heavy atom. The highest BCUT2D eigenvalue weighted by Crippen LogP contribution is 2.42. The third-order valence-electron chi connectivity index (χ3n) is 6.99. The van der Waals surface area contributed by atoms with Crippen LogP contribution in [0.15, 0.2) is 30.2 Å². The zero-order chi connectivity index (χ0) is 24.5. The summed E-state index contributed by atoms with van der Waals surface area (Å²) in [6.07, 6.45) is 3.51. The molecule has 1 aliphatic heterocycles. The van der Waals surface area contributed by atoms with Crippen molar-refractivity contribution in [3.63, 3.8) is 0 Å². The zero-order valence-corrected chi connectivity index (χ0v) is 20.7. The summed E-state index contributed by atoms with van der Waals surface area (Å²) in [7, 11) is 1.87. The Morgan fingerprint density at radius 1 is 1.18 bits per heavy atom.